The minimum atomic E-state index is -0.976. The maximum Gasteiger partial charge on any atom is 0.304 e. The van der Waals surface area contributed by atoms with Crippen LogP contribution in [-0.2, 0) is 10.2 Å². The molecular weight excluding hydrogens is 279 g/mol. The summed E-state index contributed by atoms with van der Waals surface area (Å²) in [5, 5.41) is 18.6. The number of aromatic hydroxyl groups is 1. The third-order valence-corrected chi connectivity index (χ3v) is 3.59. The second-order valence-electron chi connectivity index (χ2n) is 4.10. The van der Waals surface area contributed by atoms with E-state index in [4.69, 9.17) is 5.11 Å². The molecule has 5 heteroatoms. The number of halogens is 2. The van der Waals surface area contributed by atoms with Crippen molar-refractivity contribution >= 4 is 21.9 Å². The first-order valence-electron chi connectivity index (χ1n) is 4.85. The first kappa shape index (κ1) is 11.4. The average molecular weight is 289 g/mol. The second-order valence-corrected chi connectivity index (χ2v) is 4.96. The predicted molar refractivity (Wildman–Crippen MR) is 58.9 cm³/mol. The van der Waals surface area contributed by atoms with Crippen molar-refractivity contribution in [3.8, 4) is 5.75 Å². The molecule has 1 aromatic carbocycles. The SMILES string of the molecule is O=C(O)CC1(c2c(F)ccc(Br)c2O)CC1. The molecule has 3 nitrogen and oxygen atoms in total. The van der Waals surface area contributed by atoms with E-state index in [1.165, 1.54) is 12.1 Å². The fraction of sp³-hybridized carbons (Fsp3) is 0.364. The summed E-state index contributed by atoms with van der Waals surface area (Å²) in [5.41, 5.74) is -0.590. The first-order chi connectivity index (χ1) is 7.46. The van der Waals surface area contributed by atoms with Gasteiger partial charge in [-0.1, -0.05) is 0 Å². The van der Waals surface area contributed by atoms with Crippen LogP contribution < -0.4 is 0 Å². The lowest BCUT2D eigenvalue weighted by molar-refractivity contribution is -0.137. The normalized spacial score (nSPS) is 17.1. The van der Waals surface area contributed by atoms with Crippen molar-refractivity contribution in [2.75, 3.05) is 0 Å². The molecule has 86 valence electrons. The summed E-state index contributed by atoms with van der Waals surface area (Å²) in [4.78, 5) is 10.7. The van der Waals surface area contributed by atoms with Gasteiger partial charge < -0.3 is 10.2 Å². The Balaban J connectivity index is 2.48. The average Bonchev–Trinajstić information content (AvgIpc) is 2.92. The molecule has 0 heterocycles. The molecule has 0 amide bonds. The summed E-state index contributed by atoms with van der Waals surface area (Å²) < 4.78 is 14.0. The van der Waals surface area contributed by atoms with Gasteiger partial charge in [-0.05, 0) is 40.9 Å². The summed E-state index contributed by atoms with van der Waals surface area (Å²) in [6.07, 6.45) is 1.05. The lowest BCUT2D eigenvalue weighted by atomic mass is 9.91. The van der Waals surface area contributed by atoms with Crippen LogP contribution in [0.4, 0.5) is 4.39 Å². The number of hydrogen-bond donors (Lipinski definition) is 2. The van der Waals surface area contributed by atoms with Crippen molar-refractivity contribution in [2.45, 2.75) is 24.7 Å². The van der Waals surface area contributed by atoms with Crippen molar-refractivity contribution in [3.05, 3.63) is 28.0 Å². The van der Waals surface area contributed by atoms with Crippen LogP contribution in [0.5, 0.6) is 5.75 Å². The predicted octanol–water partition coefficient (Wildman–Crippen LogP) is 2.80. The van der Waals surface area contributed by atoms with Crippen LogP contribution in [0.3, 0.4) is 0 Å². The summed E-state index contributed by atoms with van der Waals surface area (Å²) in [5.74, 6) is -1.70. The molecular formula is C11H10BrFO3. The van der Waals surface area contributed by atoms with Crippen LogP contribution in [0, 0.1) is 5.82 Å². The second kappa shape index (κ2) is 3.73. The van der Waals surface area contributed by atoms with Gasteiger partial charge in [0, 0.05) is 11.0 Å². The maximum absolute atomic E-state index is 13.6. The molecule has 0 radical (unpaired) electrons. The van der Waals surface area contributed by atoms with Gasteiger partial charge in [0.2, 0.25) is 0 Å². The fourth-order valence-corrected chi connectivity index (χ4v) is 2.33. The highest BCUT2D eigenvalue weighted by molar-refractivity contribution is 9.10. The number of carboxylic acid groups (broad SMARTS) is 1. The van der Waals surface area contributed by atoms with Gasteiger partial charge in [-0.15, -0.1) is 0 Å². The van der Waals surface area contributed by atoms with Crippen LogP contribution >= 0.6 is 15.9 Å². The lowest BCUT2D eigenvalue weighted by Gasteiger charge is -2.16. The van der Waals surface area contributed by atoms with E-state index in [-0.39, 0.29) is 17.7 Å². The van der Waals surface area contributed by atoms with Crippen molar-refractivity contribution in [2.24, 2.45) is 0 Å². The molecule has 0 spiro atoms. The monoisotopic (exact) mass is 288 g/mol. The molecule has 0 aliphatic heterocycles. The molecule has 1 fully saturated rings. The Morgan fingerprint density at radius 1 is 1.50 bits per heavy atom. The van der Waals surface area contributed by atoms with Gasteiger partial charge in [0.15, 0.2) is 0 Å². The third kappa shape index (κ3) is 1.80. The third-order valence-electron chi connectivity index (χ3n) is 2.95. The molecule has 0 atom stereocenters. The van der Waals surface area contributed by atoms with Gasteiger partial charge in [-0.25, -0.2) is 4.39 Å². The highest BCUT2D eigenvalue weighted by Crippen LogP contribution is 2.55. The highest BCUT2D eigenvalue weighted by Gasteiger charge is 2.49. The van der Waals surface area contributed by atoms with Gasteiger partial charge in [0.1, 0.15) is 11.6 Å². The fourth-order valence-electron chi connectivity index (χ4n) is 2.00. The molecule has 0 unspecified atom stereocenters. The lowest BCUT2D eigenvalue weighted by Crippen LogP contribution is -2.15. The molecule has 2 N–H and O–H groups in total. The molecule has 0 saturated heterocycles. The molecule has 0 aromatic heterocycles. The number of phenolic OH excluding ortho intramolecular Hbond substituents is 1. The Kier molecular flexibility index (Phi) is 2.66. The summed E-state index contributed by atoms with van der Waals surface area (Å²) in [7, 11) is 0. The van der Waals surface area contributed by atoms with Crippen LogP contribution in [0.2, 0.25) is 0 Å². The minimum absolute atomic E-state index is 0.129. The van der Waals surface area contributed by atoms with Crippen LogP contribution in [0.15, 0.2) is 16.6 Å². The van der Waals surface area contributed by atoms with E-state index in [1.807, 2.05) is 0 Å². The number of phenols is 1. The minimum Gasteiger partial charge on any atom is -0.506 e. The zero-order valence-corrected chi connectivity index (χ0v) is 9.92. The van der Waals surface area contributed by atoms with Gasteiger partial charge in [-0.2, -0.15) is 0 Å². The molecule has 1 aromatic rings. The van der Waals surface area contributed by atoms with Gasteiger partial charge in [-0.3, -0.25) is 4.79 Å². The van der Waals surface area contributed by atoms with E-state index >= 15 is 0 Å². The van der Waals surface area contributed by atoms with Crippen LogP contribution in [0.1, 0.15) is 24.8 Å². The Morgan fingerprint density at radius 2 is 2.12 bits per heavy atom. The van der Waals surface area contributed by atoms with Crippen LogP contribution in [0.25, 0.3) is 0 Å². The van der Waals surface area contributed by atoms with E-state index in [2.05, 4.69) is 15.9 Å². The van der Waals surface area contributed by atoms with Crippen molar-refractivity contribution in [1.29, 1.82) is 0 Å². The van der Waals surface area contributed by atoms with E-state index in [9.17, 15) is 14.3 Å². The maximum atomic E-state index is 13.6. The Bertz CT molecular complexity index is 455. The summed E-state index contributed by atoms with van der Waals surface area (Å²) in [6, 6.07) is 2.64. The largest absolute Gasteiger partial charge is 0.506 e. The number of carbonyl (C=O) groups is 1. The van der Waals surface area contributed by atoms with Gasteiger partial charge in [0.05, 0.1) is 10.9 Å². The number of hydrogen-bond acceptors (Lipinski definition) is 2. The van der Waals surface area contributed by atoms with E-state index < -0.39 is 17.2 Å². The molecule has 1 aliphatic carbocycles. The first-order valence-corrected chi connectivity index (χ1v) is 5.65. The smallest absolute Gasteiger partial charge is 0.304 e. The topological polar surface area (TPSA) is 57.5 Å². The zero-order chi connectivity index (χ0) is 11.9. The highest BCUT2D eigenvalue weighted by atomic mass is 79.9. The summed E-state index contributed by atoms with van der Waals surface area (Å²) >= 11 is 3.10. The van der Waals surface area contributed by atoms with Gasteiger partial charge in [0.25, 0.3) is 0 Å². The van der Waals surface area contributed by atoms with Crippen LogP contribution in [-0.4, -0.2) is 16.2 Å². The van der Waals surface area contributed by atoms with E-state index in [0.717, 1.165) is 0 Å². The summed E-state index contributed by atoms with van der Waals surface area (Å²) in [6.45, 7) is 0. The molecule has 2 rings (SSSR count). The van der Waals surface area contributed by atoms with Crippen molar-refractivity contribution < 1.29 is 19.4 Å². The number of benzene rings is 1. The number of aliphatic carboxylic acids is 1. The van der Waals surface area contributed by atoms with E-state index in [1.54, 1.807) is 0 Å². The van der Waals surface area contributed by atoms with E-state index in [0.29, 0.717) is 17.3 Å². The number of carboxylic acids is 1. The molecule has 1 aliphatic rings. The Morgan fingerprint density at radius 3 is 2.62 bits per heavy atom. The van der Waals surface area contributed by atoms with Crippen molar-refractivity contribution in [3.63, 3.8) is 0 Å². The Labute approximate surface area is 100 Å². The molecule has 16 heavy (non-hydrogen) atoms. The standard InChI is InChI=1S/C11H10BrFO3/c12-6-1-2-7(13)9(10(6)16)11(3-4-11)5-8(14)15/h1-2,16H,3-5H2,(H,14,15). The van der Waals surface area contributed by atoms with Gasteiger partial charge >= 0.3 is 5.97 Å². The molecule has 1 saturated carbocycles. The molecule has 0 bridgehead atoms. The number of rotatable bonds is 3. The quantitative estimate of drug-likeness (QED) is 0.899. The zero-order valence-electron chi connectivity index (χ0n) is 8.33. The Hall–Kier alpha value is -1.10. The van der Waals surface area contributed by atoms with Crippen molar-refractivity contribution in [1.82, 2.24) is 0 Å².